The van der Waals surface area contributed by atoms with Crippen molar-refractivity contribution in [3.63, 3.8) is 0 Å². The van der Waals surface area contributed by atoms with E-state index in [2.05, 4.69) is 0 Å². The molecule has 1 aliphatic heterocycles. The summed E-state index contributed by atoms with van der Waals surface area (Å²) in [7, 11) is 0. The van der Waals surface area contributed by atoms with Gasteiger partial charge in [0.05, 0.1) is 5.56 Å². The van der Waals surface area contributed by atoms with Crippen LogP contribution < -0.4 is 4.74 Å². The molecule has 0 spiro atoms. The summed E-state index contributed by atoms with van der Waals surface area (Å²) in [6.07, 6.45) is 10.4. The Balaban J connectivity index is 1.95. The van der Waals surface area contributed by atoms with Crippen LogP contribution in [0.25, 0.3) is 0 Å². The van der Waals surface area contributed by atoms with E-state index >= 15 is 0 Å². The van der Waals surface area contributed by atoms with Crippen LogP contribution in [0.15, 0.2) is 23.8 Å². The lowest BCUT2D eigenvalue weighted by Crippen LogP contribution is -2.32. The normalized spacial score (nSPS) is 21.4. The maximum absolute atomic E-state index is 12.4. The van der Waals surface area contributed by atoms with Gasteiger partial charge in [0.25, 0.3) is 0 Å². The van der Waals surface area contributed by atoms with Crippen molar-refractivity contribution in [2.45, 2.75) is 32.8 Å². The number of carbonyl (C=O) groups is 1. The minimum absolute atomic E-state index is 0.0610. The van der Waals surface area contributed by atoms with Crippen molar-refractivity contribution in [3.8, 4) is 11.5 Å². The van der Waals surface area contributed by atoms with Gasteiger partial charge in [-0.25, -0.2) is 0 Å². The van der Waals surface area contributed by atoms with Gasteiger partial charge in [0, 0.05) is 17.9 Å². The number of ketones is 1. The third kappa shape index (κ3) is 2.90. The van der Waals surface area contributed by atoms with E-state index < -0.39 is 0 Å². The van der Waals surface area contributed by atoms with Crippen LogP contribution in [0.1, 0.15) is 36.2 Å². The number of ether oxygens (including phenoxy) is 1. The Morgan fingerprint density at radius 2 is 2.05 bits per heavy atom. The molecule has 1 unspecified atom stereocenters. The van der Waals surface area contributed by atoms with Crippen molar-refractivity contribution in [3.05, 3.63) is 66.5 Å². The first-order chi connectivity index (χ1) is 10.6. The highest BCUT2D eigenvalue weighted by Crippen LogP contribution is 2.41. The Kier molecular flexibility index (Phi) is 4.23. The van der Waals surface area contributed by atoms with Crippen molar-refractivity contribution >= 4 is 5.78 Å². The van der Waals surface area contributed by atoms with E-state index in [9.17, 15) is 9.90 Å². The Bertz CT molecular complexity index is 605. The third-order valence-corrected chi connectivity index (χ3v) is 3.94. The summed E-state index contributed by atoms with van der Waals surface area (Å²) in [5.41, 5.74) is 2.41. The number of allylic oxidation sites excluding steroid dienone is 2. The highest BCUT2D eigenvalue weighted by molar-refractivity contribution is 6.01. The van der Waals surface area contributed by atoms with Gasteiger partial charge in [-0.05, 0) is 58.1 Å². The van der Waals surface area contributed by atoms with Gasteiger partial charge in [-0.3, -0.25) is 4.79 Å². The van der Waals surface area contributed by atoms with Crippen LogP contribution in [-0.2, 0) is 6.42 Å². The van der Waals surface area contributed by atoms with Crippen LogP contribution in [0.5, 0.6) is 11.5 Å². The lowest BCUT2D eigenvalue weighted by Gasteiger charge is -2.30. The number of fused-ring (bicyclic) bond motifs is 1. The summed E-state index contributed by atoms with van der Waals surface area (Å²) in [6.45, 7) is 4.01. The predicted octanol–water partition coefficient (Wildman–Crippen LogP) is 3.64. The van der Waals surface area contributed by atoms with E-state index in [-0.39, 0.29) is 17.6 Å². The molecule has 0 aromatic heterocycles. The standard InChI is InChI=1S/C19H19O3/c1-12(2)7-8-14-16(20)10-9-15-17(21)11-18(22-19(14)15)13-5-3-4-6-13/h3-7,9-10,18,20H,8,11H2,1-2H3. The fraction of sp³-hybridized carbons (Fsp3) is 0.263. The van der Waals surface area contributed by atoms with E-state index in [0.29, 0.717) is 29.7 Å². The SMILES string of the molecule is CC(C)=CCc1c(O)ccc2c1OC([C]1[CH][CH][CH][CH]1)CC2=O. The summed E-state index contributed by atoms with van der Waals surface area (Å²) in [5.74, 6) is 1.76. The summed E-state index contributed by atoms with van der Waals surface area (Å²) in [6, 6.07) is 3.23. The molecule has 1 aromatic rings. The zero-order valence-corrected chi connectivity index (χ0v) is 12.8. The predicted molar refractivity (Wildman–Crippen MR) is 85.0 cm³/mol. The molecule has 1 aliphatic carbocycles. The quantitative estimate of drug-likeness (QED) is 0.866. The molecule has 1 N–H and O–H groups in total. The van der Waals surface area contributed by atoms with Crippen LogP contribution in [0, 0.1) is 31.6 Å². The maximum Gasteiger partial charge on any atom is 0.170 e. The first-order valence-corrected chi connectivity index (χ1v) is 7.46. The third-order valence-electron chi connectivity index (χ3n) is 3.94. The molecule has 1 aromatic carbocycles. The van der Waals surface area contributed by atoms with Crippen molar-refractivity contribution in [1.82, 2.24) is 0 Å². The summed E-state index contributed by atoms with van der Waals surface area (Å²) >= 11 is 0. The largest absolute Gasteiger partial charge is 0.508 e. The van der Waals surface area contributed by atoms with Crippen LogP contribution >= 0.6 is 0 Å². The van der Waals surface area contributed by atoms with E-state index in [1.807, 2.05) is 45.6 Å². The fourth-order valence-electron chi connectivity index (χ4n) is 2.73. The molecule has 0 amide bonds. The Hall–Kier alpha value is -1.77. The molecule has 5 radical (unpaired) electrons. The van der Waals surface area contributed by atoms with Crippen molar-refractivity contribution < 1.29 is 14.6 Å². The van der Waals surface area contributed by atoms with Gasteiger partial charge in [-0.2, -0.15) is 0 Å². The second kappa shape index (κ2) is 6.15. The molecule has 0 bridgehead atoms. The van der Waals surface area contributed by atoms with Gasteiger partial charge in [0.15, 0.2) is 5.78 Å². The van der Waals surface area contributed by atoms with Crippen molar-refractivity contribution in [1.29, 1.82) is 0 Å². The number of hydrogen-bond acceptors (Lipinski definition) is 3. The van der Waals surface area contributed by atoms with E-state index in [4.69, 9.17) is 4.74 Å². The molecule has 3 rings (SSSR count). The molecular formula is C19H19O3. The zero-order valence-electron chi connectivity index (χ0n) is 12.8. The highest BCUT2D eigenvalue weighted by Gasteiger charge is 2.36. The molecular weight excluding hydrogens is 276 g/mol. The van der Waals surface area contributed by atoms with Gasteiger partial charge >= 0.3 is 0 Å². The Morgan fingerprint density at radius 1 is 1.32 bits per heavy atom. The smallest absolute Gasteiger partial charge is 0.170 e. The van der Waals surface area contributed by atoms with Gasteiger partial charge < -0.3 is 9.84 Å². The fourth-order valence-corrected chi connectivity index (χ4v) is 2.73. The van der Waals surface area contributed by atoms with Crippen LogP contribution in [0.3, 0.4) is 0 Å². The average molecular weight is 295 g/mol. The lowest BCUT2D eigenvalue weighted by molar-refractivity contribution is 0.0870. The molecule has 22 heavy (non-hydrogen) atoms. The van der Waals surface area contributed by atoms with Crippen molar-refractivity contribution in [2.75, 3.05) is 0 Å². The summed E-state index contributed by atoms with van der Waals surface area (Å²) < 4.78 is 6.08. The molecule has 1 fully saturated rings. The van der Waals surface area contributed by atoms with Gasteiger partial charge in [0.2, 0.25) is 0 Å². The van der Waals surface area contributed by atoms with Crippen LogP contribution in [0.4, 0.5) is 0 Å². The maximum atomic E-state index is 12.4. The molecule has 3 nitrogen and oxygen atoms in total. The van der Waals surface area contributed by atoms with E-state index in [1.54, 1.807) is 12.1 Å². The van der Waals surface area contributed by atoms with Crippen LogP contribution in [0.2, 0.25) is 0 Å². The number of rotatable bonds is 3. The number of carbonyl (C=O) groups excluding carboxylic acids is 1. The molecule has 3 heteroatoms. The van der Waals surface area contributed by atoms with Crippen LogP contribution in [-0.4, -0.2) is 17.0 Å². The monoisotopic (exact) mass is 295 g/mol. The number of benzene rings is 1. The molecule has 1 heterocycles. The number of Topliss-reactive ketones (excluding diaryl/α,β-unsaturated/α-hetero) is 1. The first-order valence-electron chi connectivity index (χ1n) is 7.46. The summed E-state index contributed by atoms with van der Waals surface area (Å²) in [4.78, 5) is 12.4. The van der Waals surface area contributed by atoms with Gasteiger partial charge in [0.1, 0.15) is 17.6 Å². The highest BCUT2D eigenvalue weighted by atomic mass is 16.5. The second-order valence-electron chi connectivity index (χ2n) is 5.88. The molecule has 1 atom stereocenters. The minimum Gasteiger partial charge on any atom is -0.508 e. The number of aromatic hydroxyl groups is 1. The van der Waals surface area contributed by atoms with Crippen molar-refractivity contribution in [2.24, 2.45) is 0 Å². The summed E-state index contributed by atoms with van der Waals surface area (Å²) in [5, 5.41) is 10.2. The van der Waals surface area contributed by atoms with Gasteiger partial charge in [-0.1, -0.05) is 11.6 Å². The number of phenolic OH excluding ortho intramolecular Hbond substituents is 1. The zero-order chi connectivity index (χ0) is 15.7. The Labute approximate surface area is 132 Å². The lowest BCUT2D eigenvalue weighted by atomic mass is 9.89. The van der Waals surface area contributed by atoms with E-state index in [0.717, 1.165) is 11.5 Å². The molecule has 0 saturated heterocycles. The molecule has 2 aliphatic rings. The number of phenols is 1. The topological polar surface area (TPSA) is 46.5 Å². The minimum atomic E-state index is -0.276. The molecule has 1 saturated carbocycles. The first kappa shape index (κ1) is 15.1. The average Bonchev–Trinajstić information content (AvgIpc) is 2.99. The van der Waals surface area contributed by atoms with Gasteiger partial charge in [-0.15, -0.1) is 0 Å². The second-order valence-corrected chi connectivity index (χ2v) is 5.88. The number of hydrogen-bond donors (Lipinski definition) is 1. The Morgan fingerprint density at radius 3 is 2.73 bits per heavy atom. The molecule has 113 valence electrons. The van der Waals surface area contributed by atoms with E-state index in [1.165, 1.54) is 0 Å².